The zero-order chi connectivity index (χ0) is 23.4. The van der Waals surface area contributed by atoms with Crippen LogP contribution in [0.3, 0.4) is 0 Å². The van der Waals surface area contributed by atoms with Crippen molar-refractivity contribution in [3.63, 3.8) is 0 Å². The van der Waals surface area contributed by atoms with Crippen molar-refractivity contribution in [1.29, 1.82) is 0 Å². The molecule has 1 amide bonds. The molecule has 0 radical (unpaired) electrons. The zero-order valence-corrected chi connectivity index (χ0v) is 20.1. The highest BCUT2D eigenvalue weighted by Crippen LogP contribution is 2.31. The fraction of sp³-hybridized carbons (Fsp3) is 0.360. The number of nitrogens with zero attached hydrogens (tertiary/aromatic N) is 3. The van der Waals surface area contributed by atoms with E-state index in [1.165, 1.54) is 5.56 Å². The number of hydrogen-bond acceptors (Lipinski definition) is 4. The Kier molecular flexibility index (Phi) is 6.95. The molecule has 174 valence electrons. The minimum atomic E-state index is -2.84. The van der Waals surface area contributed by atoms with Gasteiger partial charge in [0.25, 0.3) is 5.91 Å². The fourth-order valence-corrected chi connectivity index (χ4v) is 6.49. The van der Waals surface area contributed by atoms with Crippen LogP contribution in [0.5, 0.6) is 0 Å². The van der Waals surface area contributed by atoms with Crippen molar-refractivity contribution in [1.82, 2.24) is 14.3 Å². The molecule has 0 fully saturated rings. The van der Waals surface area contributed by atoms with Gasteiger partial charge < -0.3 is 9.88 Å². The van der Waals surface area contributed by atoms with Crippen LogP contribution in [0.2, 0.25) is 0 Å². The number of carbonyl (C=O) groups excluding carboxylic acids is 1. The van der Waals surface area contributed by atoms with Crippen molar-refractivity contribution in [2.45, 2.75) is 43.5 Å². The van der Waals surface area contributed by atoms with Crippen LogP contribution < -0.4 is 10.0 Å². The molecule has 2 aromatic heterocycles. The Morgan fingerprint density at radius 2 is 2.00 bits per heavy atom. The van der Waals surface area contributed by atoms with Gasteiger partial charge in [0.15, 0.2) is 0 Å². The molecule has 3 heterocycles. The standard InChI is InChI=1S/C25H31N5O2S/c1-18(9-10-19-7-5-4-6-8-19)22-12-11-21-23(33(32,26-2)29-22)17-30(3)24(21)25(31)28-20-13-15-27-16-14-20/h4-8,13-18,22H,9-12H2,1-3H3,(H,26,29,32)(H,27,28,31). The van der Waals surface area contributed by atoms with Crippen LogP contribution in [0.1, 0.15) is 41.4 Å². The normalized spacial score (nSPS) is 21.0. The third-order valence-corrected chi connectivity index (χ3v) is 8.47. The molecule has 1 aromatic carbocycles. The van der Waals surface area contributed by atoms with Crippen molar-refractivity contribution < 1.29 is 9.00 Å². The molecule has 3 aromatic rings. The molecule has 0 saturated carbocycles. The van der Waals surface area contributed by atoms with E-state index < -0.39 is 9.92 Å². The lowest BCUT2D eigenvalue weighted by Gasteiger charge is -2.24. The van der Waals surface area contributed by atoms with Crippen LogP contribution in [-0.2, 0) is 29.8 Å². The van der Waals surface area contributed by atoms with E-state index in [0.717, 1.165) is 24.8 Å². The molecule has 2 N–H and O–H groups in total. The van der Waals surface area contributed by atoms with Crippen LogP contribution in [-0.4, -0.2) is 32.8 Å². The van der Waals surface area contributed by atoms with Crippen LogP contribution >= 0.6 is 0 Å². The second-order valence-electron chi connectivity index (χ2n) is 8.59. The molecular formula is C25H31N5O2S. The Bertz CT molecular complexity index is 1230. The summed E-state index contributed by atoms with van der Waals surface area (Å²) in [5.41, 5.74) is 3.31. The second kappa shape index (κ2) is 9.89. The maximum absolute atomic E-state index is 13.9. The quantitative estimate of drug-likeness (QED) is 0.571. The summed E-state index contributed by atoms with van der Waals surface area (Å²) in [6.07, 6.45) is 8.46. The Balaban J connectivity index is 1.57. The molecule has 0 spiro atoms. The van der Waals surface area contributed by atoms with Gasteiger partial charge >= 0.3 is 0 Å². The summed E-state index contributed by atoms with van der Waals surface area (Å²) in [6, 6.07) is 14.0. The summed E-state index contributed by atoms with van der Waals surface area (Å²) >= 11 is 0. The van der Waals surface area contributed by atoms with Crippen LogP contribution in [0.25, 0.3) is 0 Å². The Labute approximate surface area is 196 Å². The first-order valence-electron chi connectivity index (χ1n) is 11.3. The smallest absolute Gasteiger partial charge is 0.272 e. The summed E-state index contributed by atoms with van der Waals surface area (Å²) in [4.78, 5) is 17.8. The van der Waals surface area contributed by atoms with E-state index in [9.17, 15) is 9.00 Å². The van der Waals surface area contributed by atoms with Gasteiger partial charge in [-0.2, -0.15) is 0 Å². The number of benzene rings is 1. The number of aromatic nitrogens is 2. The highest BCUT2D eigenvalue weighted by Gasteiger charge is 2.33. The topological polar surface area (TPSA) is 88.4 Å². The third kappa shape index (κ3) is 5.02. The molecule has 0 aliphatic carbocycles. The number of nitrogens with one attached hydrogen (secondary N) is 2. The van der Waals surface area contributed by atoms with Gasteiger partial charge in [0.05, 0.1) is 4.90 Å². The lowest BCUT2D eigenvalue weighted by molar-refractivity contribution is 0.101. The molecule has 3 atom stereocenters. The predicted molar refractivity (Wildman–Crippen MR) is 132 cm³/mol. The molecule has 1 aliphatic rings. The number of aryl methyl sites for hydroxylation is 2. The molecule has 8 heteroatoms. The lowest BCUT2D eigenvalue weighted by Crippen LogP contribution is -2.38. The predicted octanol–water partition coefficient (Wildman–Crippen LogP) is 4.22. The molecular weight excluding hydrogens is 434 g/mol. The van der Waals surface area contributed by atoms with Gasteiger partial charge in [0.1, 0.15) is 15.6 Å². The van der Waals surface area contributed by atoms with Crippen molar-refractivity contribution >= 4 is 21.5 Å². The number of rotatable bonds is 6. The average molecular weight is 466 g/mol. The second-order valence-corrected chi connectivity index (χ2v) is 10.7. The number of fused-ring (bicyclic) bond motifs is 1. The first kappa shape index (κ1) is 23.2. The SMILES string of the molecule is CN=S1(=O)NC(C(C)CCc2ccccc2)CCc2c1cn(C)c2C(=O)Nc1ccncc1. The van der Waals surface area contributed by atoms with Crippen molar-refractivity contribution in [3.8, 4) is 0 Å². The van der Waals surface area contributed by atoms with E-state index in [2.05, 4.69) is 50.6 Å². The minimum absolute atomic E-state index is 0.0405. The monoisotopic (exact) mass is 465 g/mol. The van der Waals surface area contributed by atoms with Crippen molar-refractivity contribution in [2.24, 2.45) is 17.3 Å². The van der Waals surface area contributed by atoms with Gasteiger partial charge in [-0.25, -0.2) is 13.3 Å². The number of amides is 1. The van der Waals surface area contributed by atoms with E-state index >= 15 is 0 Å². The summed E-state index contributed by atoms with van der Waals surface area (Å²) < 4.78 is 23.3. The highest BCUT2D eigenvalue weighted by atomic mass is 32.2. The van der Waals surface area contributed by atoms with Crippen molar-refractivity contribution in [2.75, 3.05) is 12.4 Å². The van der Waals surface area contributed by atoms with Gasteiger partial charge in [0, 0.05) is 50.0 Å². The molecule has 33 heavy (non-hydrogen) atoms. The number of pyridine rings is 1. The number of hydrogen-bond donors (Lipinski definition) is 2. The highest BCUT2D eigenvalue weighted by molar-refractivity contribution is 7.91. The van der Waals surface area contributed by atoms with Gasteiger partial charge in [-0.15, -0.1) is 0 Å². The Morgan fingerprint density at radius 1 is 1.27 bits per heavy atom. The molecule has 1 aliphatic heterocycles. The molecule has 4 rings (SSSR count). The molecule has 7 nitrogen and oxygen atoms in total. The van der Waals surface area contributed by atoms with E-state index in [1.807, 2.05) is 13.1 Å². The molecule has 3 unspecified atom stereocenters. The Hall–Kier alpha value is -2.97. The van der Waals surface area contributed by atoms with Gasteiger partial charge in [-0.1, -0.05) is 37.3 Å². The summed E-state index contributed by atoms with van der Waals surface area (Å²) in [7, 11) is 0.549. The van der Waals surface area contributed by atoms with E-state index in [4.69, 9.17) is 0 Å². The van der Waals surface area contributed by atoms with Crippen LogP contribution in [0, 0.1) is 5.92 Å². The maximum atomic E-state index is 13.9. The largest absolute Gasteiger partial charge is 0.345 e. The average Bonchev–Trinajstić information content (AvgIpc) is 3.10. The minimum Gasteiger partial charge on any atom is -0.345 e. The van der Waals surface area contributed by atoms with E-state index in [1.54, 1.807) is 42.3 Å². The first-order chi connectivity index (χ1) is 15.9. The van der Waals surface area contributed by atoms with Crippen molar-refractivity contribution in [3.05, 3.63) is 77.9 Å². The molecule has 0 bridgehead atoms. The molecule has 0 saturated heterocycles. The summed E-state index contributed by atoms with van der Waals surface area (Å²) in [6.45, 7) is 2.20. The van der Waals surface area contributed by atoms with E-state index in [-0.39, 0.29) is 11.9 Å². The number of carbonyl (C=O) groups is 1. The lowest BCUT2D eigenvalue weighted by atomic mass is 9.91. The van der Waals surface area contributed by atoms with Gasteiger partial charge in [-0.3, -0.25) is 9.78 Å². The Morgan fingerprint density at radius 3 is 2.70 bits per heavy atom. The summed E-state index contributed by atoms with van der Waals surface area (Å²) in [5, 5.41) is 2.93. The number of anilines is 1. The zero-order valence-electron chi connectivity index (χ0n) is 19.3. The van der Waals surface area contributed by atoms with Gasteiger partial charge in [0.2, 0.25) is 0 Å². The maximum Gasteiger partial charge on any atom is 0.272 e. The van der Waals surface area contributed by atoms with Gasteiger partial charge in [-0.05, 0) is 49.3 Å². The third-order valence-electron chi connectivity index (χ3n) is 6.39. The first-order valence-corrected chi connectivity index (χ1v) is 12.8. The van der Waals surface area contributed by atoms with E-state index in [0.29, 0.717) is 28.6 Å². The summed E-state index contributed by atoms with van der Waals surface area (Å²) in [5.74, 6) is 0.0815. The fourth-order valence-electron chi connectivity index (χ4n) is 4.47. The van der Waals surface area contributed by atoms with Crippen LogP contribution in [0.4, 0.5) is 5.69 Å². The van der Waals surface area contributed by atoms with Crippen LogP contribution in [0.15, 0.2) is 70.3 Å².